The lowest BCUT2D eigenvalue weighted by Crippen LogP contribution is -2.35. The van der Waals surface area contributed by atoms with Crippen molar-refractivity contribution in [1.29, 1.82) is 0 Å². The van der Waals surface area contributed by atoms with Crippen molar-refractivity contribution in [3.8, 4) is 0 Å². The number of hydrogen-bond acceptors (Lipinski definition) is 5. The highest BCUT2D eigenvalue weighted by atomic mass is 32.2. The second-order valence-electron chi connectivity index (χ2n) is 8.84. The van der Waals surface area contributed by atoms with Gasteiger partial charge in [-0.05, 0) is 75.7 Å². The normalized spacial score (nSPS) is 17.3. The van der Waals surface area contributed by atoms with E-state index in [9.17, 15) is 18.0 Å². The maximum Gasteiger partial charge on any atom is 0.256 e. The van der Waals surface area contributed by atoms with Crippen LogP contribution in [0.3, 0.4) is 0 Å². The molecule has 1 aliphatic carbocycles. The lowest BCUT2D eigenvalue weighted by molar-refractivity contribution is -0.110. The fraction of sp³-hybridized carbons (Fsp3) is 0.440. The first-order chi connectivity index (χ1) is 16.7. The number of sulfonamides is 1. The van der Waals surface area contributed by atoms with Crippen molar-refractivity contribution < 1.29 is 18.0 Å². The van der Waals surface area contributed by atoms with Crippen LogP contribution >= 0.6 is 0 Å². The fourth-order valence-electron chi connectivity index (χ4n) is 5.00. The highest BCUT2D eigenvalue weighted by Gasteiger charge is 2.33. The van der Waals surface area contributed by atoms with Crippen LogP contribution < -0.4 is 15.4 Å². The Hall–Kier alpha value is -2.95. The minimum atomic E-state index is -3.66. The molecule has 2 heterocycles. The average Bonchev–Trinajstić information content (AvgIpc) is 3.36. The molecule has 0 saturated carbocycles. The third-order valence-electron chi connectivity index (χ3n) is 6.90. The number of H-pyrrole nitrogens is 1. The Labute approximate surface area is 206 Å². The summed E-state index contributed by atoms with van der Waals surface area (Å²) in [5.41, 5.74) is 5.53. The predicted octanol–water partition coefficient (Wildman–Crippen LogP) is 2.50. The Morgan fingerprint density at radius 3 is 2.60 bits per heavy atom. The molecule has 0 unspecified atom stereocenters. The summed E-state index contributed by atoms with van der Waals surface area (Å²) in [5.74, 6) is -0.378. The van der Waals surface area contributed by atoms with E-state index in [2.05, 4.69) is 39.1 Å². The zero-order chi connectivity index (χ0) is 25.3. The van der Waals surface area contributed by atoms with Gasteiger partial charge in [-0.15, -0.1) is 0 Å². The minimum Gasteiger partial charge on any atom is -0.358 e. The molecule has 0 saturated heterocycles. The predicted molar refractivity (Wildman–Crippen MR) is 137 cm³/mol. The number of aromatic nitrogens is 1. The molecule has 10 heteroatoms. The summed E-state index contributed by atoms with van der Waals surface area (Å²) in [6.45, 7) is 9.29. The van der Waals surface area contributed by atoms with Crippen molar-refractivity contribution in [3.05, 3.63) is 46.3 Å². The highest BCUT2D eigenvalue weighted by Crippen LogP contribution is 2.43. The zero-order valence-corrected chi connectivity index (χ0v) is 21.5. The molecule has 35 heavy (non-hydrogen) atoms. The number of fused-ring (bicyclic) bond motifs is 2. The average molecular weight is 500 g/mol. The molecule has 1 aliphatic heterocycles. The number of benzene rings is 1. The molecular weight excluding hydrogens is 466 g/mol. The third kappa shape index (κ3) is 4.65. The Morgan fingerprint density at radius 2 is 1.91 bits per heavy atom. The maximum atomic E-state index is 13.1. The molecule has 4 rings (SSSR count). The van der Waals surface area contributed by atoms with Crippen molar-refractivity contribution in [3.63, 3.8) is 0 Å². The number of nitrogens with one attached hydrogen (secondary N) is 4. The van der Waals surface area contributed by atoms with E-state index < -0.39 is 10.0 Å². The van der Waals surface area contributed by atoms with E-state index in [1.54, 1.807) is 6.07 Å². The SMILES string of the molecule is CCN(CC)CCNC(=O)c1c(C)[nH]c2c1CCCC2=C1C(=O)Nc2ccc(S(=O)(=O)NC)cc21. The quantitative estimate of drug-likeness (QED) is 0.416. The van der Waals surface area contributed by atoms with E-state index in [0.717, 1.165) is 55.0 Å². The second kappa shape index (κ2) is 9.96. The van der Waals surface area contributed by atoms with E-state index in [1.807, 2.05) is 6.92 Å². The van der Waals surface area contributed by atoms with Gasteiger partial charge in [0.25, 0.3) is 11.8 Å². The molecule has 1 aromatic carbocycles. The zero-order valence-electron chi connectivity index (χ0n) is 20.7. The summed E-state index contributed by atoms with van der Waals surface area (Å²) in [5, 5.41) is 5.90. The van der Waals surface area contributed by atoms with Crippen molar-refractivity contribution in [2.24, 2.45) is 0 Å². The molecule has 0 fully saturated rings. The summed E-state index contributed by atoms with van der Waals surface area (Å²) < 4.78 is 27.1. The van der Waals surface area contributed by atoms with Crippen LogP contribution in [0.4, 0.5) is 5.69 Å². The van der Waals surface area contributed by atoms with Crippen LogP contribution in [0.1, 0.15) is 59.6 Å². The molecule has 0 bridgehead atoms. The van der Waals surface area contributed by atoms with Gasteiger partial charge in [0.15, 0.2) is 0 Å². The molecule has 9 nitrogen and oxygen atoms in total. The van der Waals surface area contributed by atoms with Crippen molar-refractivity contribution >= 4 is 38.7 Å². The van der Waals surface area contributed by atoms with Crippen LogP contribution in [-0.4, -0.2) is 63.3 Å². The van der Waals surface area contributed by atoms with Gasteiger partial charge in [0, 0.05) is 35.7 Å². The summed E-state index contributed by atoms with van der Waals surface area (Å²) >= 11 is 0. The Kier molecular flexibility index (Phi) is 7.16. The van der Waals surface area contributed by atoms with Crippen LogP contribution in [0.15, 0.2) is 23.1 Å². The lowest BCUT2D eigenvalue weighted by atomic mass is 9.86. The Balaban J connectivity index is 1.72. The molecule has 2 aromatic rings. The van der Waals surface area contributed by atoms with E-state index in [1.165, 1.54) is 19.2 Å². The number of aryl methyl sites for hydroxylation is 1. The van der Waals surface area contributed by atoms with Gasteiger partial charge in [0.05, 0.1) is 16.0 Å². The van der Waals surface area contributed by atoms with Crippen LogP contribution in [0.5, 0.6) is 0 Å². The van der Waals surface area contributed by atoms with Crippen molar-refractivity contribution in [1.82, 2.24) is 19.9 Å². The van der Waals surface area contributed by atoms with Gasteiger partial charge in [0.1, 0.15) is 0 Å². The fourth-order valence-corrected chi connectivity index (χ4v) is 5.75. The molecule has 188 valence electrons. The summed E-state index contributed by atoms with van der Waals surface area (Å²) in [6.07, 6.45) is 2.18. The van der Waals surface area contributed by atoms with Gasteiger partial charge in [-0.2, -0.15) is 0 Å². The summed E-state index contributed by atoms with van der Waals surface area (Å²) in [6, 6.07) is 4.63. The van der Waals surface area contributed by atoms with Crippen molar-refractivity contribution in [2.45, 2.75) is 44.9 Å². The molecular formula is C25H33N5O4S. The molecule has 2 aliphatic rings. The number of amides is 2. The number of likely N-dealkylation sites (N-methyl/N-ethyl adjacent to an activating group) is 1. The smallest absolute Gasteiger partial charge is 0.256 e. The lowest BCUT2D eigenvalue weighted by Gasteiger charge is -2.20. The van der Waals surface area contributed by atoms with E-state index in [4.69, 9.17) is 0 Å². The number of carbonyl (C=O) groups is 2. The first-order valence-electron chi connectivity index (χ1n) is 12.1. The van der Waals surface area contributed by atoms with Crippen LogP contribution in [0.25, 0.3) is 11.1 Å². The van der Waals surface area contributed by atoms with Crippen molar-refractivity contribution in [2.75, 3.05) is 38.5 Å². The number of carbonyl (C=O) groups excluding carboxylic acids is 2. The van der Waals surface area contributed by atoms with Gasteiger partial charge >= 0.3 is 0 Å². The number of rotatable bonds is 8. The van der Waals surface area contributed by atoms with E-state index in [-0.39, 0.29) is 16.7 Å². The molecule has 0 radical (unpaired) electrons. The number of anilines is 1. The molecule has 1 aromatic heterocycles. The minimum absolute atomic E-state index is 0.0975. The summed E-state index contributed by atoms with van der Waals surface area (Å²) in [4.78, 5) is 31.9. The van der Waals surface area contributed by atoms with E-state index in [0.29, 0.717) is 35.4 Å². The molecule has 2 amide bonds. The van der Waals surface area contributed by atoms with Crippen LogP contribution in [-0.2, 0) is 21.2 Å². The van der Waals surface area contributed by atoms with Gasteiger partial charge in [-0.25, -0.2) is 13.1 Å². The van der Waals surface area contributed by atoms with Gasteiger partial charge in [0.2, 0.25) is 10.0 Å². The standard InChI is InChI=1S/C25H33N5O4S/c1-5-30(6-2)13-12-27-24(31)21-15(3)28-23-17(21)8-7-9-18(23)22-19-14-16(35(33,34)26-4)10-11-20(19)29-25(22)32/h10-11,14,26,28H,5-9,12-13H2,1-4H3,(H,27,31)(H,29,32). The molecule has 0 spiro atoms. The molecule has 4 N–H and O–H groups in total. The number of hydrogen-bond donors (Lipinski definition) is 4. The Morgan fingerprint density at radius 1 is 1.17 bits per heavy atom. The summed E-state index contributed by atoms with van der Waals surface area (Å²) in [7, 11) is -2.30. The van der Waals surface area contributed by atoms with E-state index >= 15 is 0 Å². The number of nitrogens with zero attached hydrogens (tertiary/aromatic N) is 1. The number of allylic oxidation sites excluding steroid dienone is 1. The first kappa shape index (κ1) is 25.2. The topological polar surface area (TPSA) is 123 Å². The highest BCUT2D eigenvalue weighted by molar-refractivity contribution is 7.89. The largest absolute Gasteiger partial charge is 0.358 e. The van der Waals surface area contributed by atoms with Gasteiger partial charge in [-0.3, -0.25) is 9.59 Å². The monoisotopic (exact) mass is 499 g/mol. The van der Waals surface area contributed by atoms with Gasteiger partial charge in [-0.1, -0.05) is 13.8 Å². The Bertz CT molecular complexity index is 1310. The van der Waals surface area contributed by atoms with Crippen LogP contribution in [0.2, 0.25) is 0 Å². The second-order valence-corrected chi connectivity index (χ2v) is 10.7. The maximum absolute atomic E-state index is 13.1. The van der Waals surface area contributed by atoms with Gasteiger partial charge < -0.3 is 20.5 Å². The third-order valence-corrected chi connectivity index (χ3v) is 8.31. The number of aromatic amines is 1. The molecule has 0 atom stereocenters. The first-order valence-corrected chi connectivity index (χ1v) is 13.5. The van der Waals surface area contributed by atoms with Crippen LogP contribution in [0, 0.1) is 6.92 Å².